The number of nitrogens with one attached hydrogen (secondary N) is 1. The Balaban J connectivity index is 1.50. The van der Waals surface area contributed by atoms with Crippen LogP contribution in [0.5, 0.6) is 0 Å². The van der Waals surface area contributed by atoms with Crippen LogP contribution in [0.1, 0.15) is 48.2 Å². The molecule has 3 N–H and O–H groups in total. The smallest absolute Gasteiger partial charge is 0.377 e. The Hall–Kier alpha value is -5.25. The third kappa shape index (κ3) is 8.61. The van der Waals surface area contributed by atoms with Crippen LogP contribution in [0.25, 0.3) is 10.8 Å². The Labute approximate surface area is 307 Å². The van der Waals surface area contributed by atoms with Crippen molar-refractivity contribution in [2.24, 2.45) is 17.6 Å². The summed E-state index contributed by atoms with van der Waals surface area (Å²) in [5.41, 5.74) is 10.0. The molecule has 0 saturated carbocycles. The van der Waals surface area contributed by atoms with Crippen molar-refractivity contribution in [3.05, 3.63) is 125 Å². The third-order valence-corrected chi connectivity index (χ3v) is 9.83. The van der Waals surface area contributed by atoms with Crippen molar-refractivity contribution in [2.45, 2.75) is 52.1 Å². The minimum atomic E-state index is -4.61. The van der Waals surface area contributed by atoms with Crippen molar-refractivity contribution < 1.29 is 18.0 Å². The van der Waals surface area contributed by atoms with E-state index in [0.29, 0.717) is 29.9 Å². The summed E-state index contributed by atoms with van der Waals surface area (Å²) in [7, 11) is 3.90. The highest BCUT2D eigenvalue weighted by atomic mass is 32.1. The maximum Gasteiger partial charge on any atom is 0.416 e. The van der Waals surface area contributed by atoms with Gasteiger partial charge in [-0.15, -0.1) is 0 Å². The molecule has 0 amide bonds. The molecule has 3 atom stereocenters. The van der Waals surface area contributed by atoms with Gasteiger partial charge in [0.2, 0.25) is 0 Å². The van der Waals surface area contributed by atoms with Crippen molar-refractivity contribution in [3.8, 4) is 6.07 Å². The van der Waals surface area contributed by atoms with Crippen molar-refractivity contribution in [3.63, 3.8) is 0 Å². The van der Waals surface area contributed by atoms with Crippen LogP contribution >= 0.6 is 12.2 Å². The first kappa shape index (κ1) is 38.0. The molecule has 4 aromatic carbocycles. The van der Waals surface area contributed by atoms with Crippen molar-refractivity contribution >= 4 is 45.3 Å². The lowest BCUT2D eigenvalue weighted by Gasteiger charge is -2.38. The fourth-order valence-electron chi connectivity index (χ4n) is 6.51. The number of ketones is 1. The van der Waals surface area contributed by atoms with Crippen molar-refractivity contribution in [1.29, 1.82) is 5.26 Å². The van der Waals surface area contributed by atoms with E-state index in [0.717, 1.165) is 28.1 Å². The number of carbonyl (C=O) groups is 1. The zero-order valence-electron chi connectivity index (χ0n) is 29.6. The fourth-order valence-corrected chi connectivity index (χ4v) is 6.80. The largest absolute Gasteiger partial charge is 0.416 e. The lowest BCUT2D eigenvalue weighted by molar-refractivity contribution is -0.138. The summed E-state index contributed by atoms with van der Waals surface area (Å²) in [6.45, 7) is 4.02. The Morgan fingerprint density at radius 2 is 1.69 bits per heavy atom. The minimum Gasteiger partial charge on any atom is -0.377 e. The molecule has 1 unspecified atom stereocenters. The zero-order valence-corrected chi connectivity index (χ0v) is 30.4. The van der Waals surface area contributed by atoms with E-state index in [1.165, 1.54) is 17.0 Å². The molecule has 0 aliphatic carbocycles. The van der Waals surface area contributed by atoms with E-state index in [-0.39, 0.29) is 35.3 Å². The van der Waals surface area contributed by atoms with Gasteiger partial charge in [-0.1, -0.05) is 74.9 Å². The maximum atomic E-state index is 14.3. The van der Waals surface area contributed by atoms with Gasteiger partial charge in [-0.2, -0.15) is 18.4 Å². The Bertz CT molecular complexity index is 2070. The van der Waals surface area contributed by atoms with Gasteiger partial charge < -0.3 is 25.4 Å². The first-order chi connectivity index (χ1) is 24.8. The molecule has 0 aliphatic rings. The number of carbonyl (C=O) groups excluding carboxylic acids is 1. The number of halogens is 3. The van der Waals surface area contributed by atoms with Crippen LogP contribution in [0.2, 0.25) is 0 Å². The van der Waals surface area contributed by atoms with E-state index < -0.39 is 23.8 Å². The predicted molar refractivity (Wildman–Crippen MR) is 204 cm³/mol. The molecular weight excluding hydrogens is 684 g/mol. The number of Topliss-reactive ketones (excluding diaryl/α,β-unsaturated/α-hetero) is 1. The number of nitriles is 1. The molecule has 270 valence electrons. The summed E-state index contributed by atoms with van der Waals surface area (Å²) in [5, 5.41) is 14.4. The molecule has 12 heteroatoms. The van der Waals surface area contributed by atoms with E-state index >= 15 is 0 Å². The number of thiocarbonyl (C=S) groups is 1. The van der Waals surface area contributed by atoms with Crippen LogP contribution in [-0.4, -0.2) is 45.6 Å². The van der Waals surface area contributed by atoms with E-state index in [9.17, 15) is 18.0 Å². The molecule has 0 aliphatic heterocycles. The van der Waals surface area contributed by atoms with Gasteiger partial charge in [-0.05, 0) is 59.6 Å². The van der Waals surface area contributed by atoms with Gasteiger partial charge in [0.1, 0.15) is 5.78 Å². The number of anilines is 2. The Morgan fingerprint density at radius 1 is 1.02 bits per heavy atom. The number of imidazole rings is 1. The quantitative estimate of drug-likeness (QED) is 0.0931. The average molecular weight is 726 g/mol. The second-order valence-electron chi connectivity index (χ2n) is 13.2. The van der Waals surface area contributed by atoms with Gasteiger partial charge in [-0.25, -0.2) is 4.98 Å². The lowest BCUT2D eigenvalue weighted by atomic mass is 9.83. The van der Waals surface area contributed by atoms with Crippen LogP contribution in [0.15, 0.2) is 97.5 Å². The normalized spacial score (nSPS) is 13.2. The van der Waals surface area contributed by atoms with E-state index in [2.05, 4.69) is 16.4 Å². The van der Waals surface area contributed by atoms with Crippen LogP contribution in [0.3, 0.4) is 0 Å². The van der Waals surface area contributed by atoms with Gasteiger partial charge >= 0.3 is 6.18 Å². The number of hydrogen-bond donors (Lipinski definition) is 2. The molecule has 1 aromatic heterocycles. The SMILES string of the molecule is CC[C@H](C)[C@H](C(=O)Cc1cncn1Cc1ccc(C#N)cc1)C(N)N(Cc1ccccc1C(F)(F)F)C(=S)Nc1ccc(N(C)C)c2ccccc12. The molecular formula is C40H42F3N7OS. The molecule has 52 heavy (non-hydrogen) atoms. The summed E-state index contributed by atoms with van der Waals surface area (Å²) in [6.07, 6.45) is -1.82. The number of hydrogen-bond acceptors (Lipinski definition) is 6. The van der Waals surface area contributed by atoms with Crippen LogP contribution < -0.4 is 16.0 Å². The molecule has 5 rings (SSSR count). The summed E-state index contributed by atoms with van der Waals surface area (Å²) < 4.78 is 44.6. The molecule has 0 radical (unpaired) electrons. The number of alkyl halides is 3. The Morgan fingerprint density at radius 3 is 2.35 bits per heavy atom. The Kier molecular flexibility index (Phi) is 12.0. The third-order valence-electron chi connectivity index (χ3n) is 9.50. The predicted octanol–water partition coefficient (Wildman–Crippen LogP) is 8.00. The summed E-state index contributed by atoms with van der Waals surface area (Å²) in [6, 6.07) is 26.2. The van der Waals surface area contributed by atoms with Gasteiger partial charge in [0.25, 0.3) is 0 Å². The minimum absolute atomic E-state index is 0.00277. The molecule has 8 nitrogen and oxygen atoms in total. The summed E-state index contributed by atoms with van der Waals surface area (Å²) in [5.74, 6) is -1.21. The topological polar surface area (TPSA) is 103 Å². The first-order valence-electron chi connectivity index (χ1n) is 17.0. The number of fused-ring (bicyclic) bond motifs is 1. The first-order valence-corrected chi connectivity index (χ1v) is 17.4. The number of nitrogens with two attached hydrogens (primary N) is 1. The van der Waals surface area contributed by atoms with E-state index in [4.69, 9.17) is 23.2 Å². The molecule has 5 aromatic rings. The van der Waals surface area contributed by atoms with Crippen LogP contribution in [-0.2, 0) is 30.5 Å². The molecule has 0 bridgehead atoms. The van der Waals surface area contributed by atoms with Gasteiger partial charge in [0.05, 0.1) is 35.6 Å². The van der Waals surface area contributed by atoms with Crippen molar-refractivity contribution in [1.82, 2.24) is 14.5 Å². The molecule has 1 heterocycles. The van der Waals surface area contributed by atoms with E-state index in [1.807, 2.05) is 85.9 Å². The van der Waals surface area contributed by atoms with Gasteiger partial charge in [-0.3, -0.25) is 4.79 Å². The molecule has 0 saturated heterocycles. The van der Waals surface area contributed by atoms with E-state index in [1.54, 1.807) is 30.7 Å². The average Bonchev–Trinajstić information content (AvgIpc) is 3.56. The zero-order chi connectivity index (χ0) is 37.6. The fraction of sp³-hybridized carbons (Fsp3) is 0.300. The summed E-state index contributed by atoms with van der Waals surface area (Å²) >= 11 is 5.97. The monoisotopic (exact) mass is 725 g/mol. The van der Waals surface area contributed by atoms with Gasteiger partial charge in [0, 0.05) is 67.6 Å². The second-order valence-corrected chi connectivity index (χ2v) is 13.5. The standard InChI is InChI=1S/C40H42F3N7OS/c1-5-26(2)37(36(51)20-30-22-46-25-49(30)23-28-16-14-27(21-44)15-17-28)38(45)50(24-29-10-6-9-13-33(29)40(41,42)43)39(52)47-34-18-19-35(48(3)4)32-12-8-7-11-31(32)34/h6-19,22,25-26,37-38H,5,20,23-24,45H2,1-4H3,(H,47,52)/t26-,37+,38?/m0/s1. The maximum absolute atomic E-state index is 14.3. The molecule has 0 fully saturated rings. The number of aromatic nitrogens is 2. The number of benzene rings is 4. The van der Waals surface area contributed by atoms with Crippen LogP contribution in [0, 0.1) is 23.2 Å². The number of rotatable bonds is 13. The van der Waals surface area contributed by atoms with Crippen LogP contribution in [0.4, 0.5) is 24.5 Å². The van der Waals surface area contributed by atoms with Gasteiger partial charge in [0.15, 0.2) is 5.11 Å². The highest BCUT2D eigenvalue weighted by molar-refractivity contribution is 7.80. The molecule has 0 spiro atoms. The lowest BCUT2D eigenvalue weighted by Crippen LogP contribution is -2.55. The second kappa shape index (κ2) is 16.4. The number of nitrogens with zero attached hydrogens (tertiary/aromatic N) is 5. The van der Waals surface area contributed by atoms with Crippen molar-refractivity contribution in [2.75, 3.05) is 24.3 Å². The highest BCUT2D eigenvalue weighted by Crippen LogP contribution is 2.35. The summed E-state index contributed by atoms with van der Waals surface area (Å²) in [4.78, 5) is 22.2. The highest BCUT2D eigenvalue weighted by Gasteiger charge is 2.38.